The van der Waals surface area contributed by atoms with Crippen LogP contribution in [-0.4, -0.2) is 27.7 Å². The molecule has 0 radical (unpaired) electrons. The second-order valence-corrected chi connectivity index (χ2v) is 5.83. The van der Waals surface area contributed by atoms with E-state index < -0.39 is 0 Å². The first-order valence-corrected chi connectivity index (χ1v) is 5.93. The molecular formula is C10H16BrNO. The Bertz CT molecular complexity index is 225. The third-order valence-electron chi connectivity index (χ3n) is 3.34. The zero-order chi connectivity index (χ0) is 9.47. The molecule has 0 aromatic heterocycles. The second kappa shape index (κ2) is 3.26. The Kier molecular flexibility index (Phi) is 2.39. The second-order valence-electron chi connectivity index (χ2n) is 4.31. The largest absolute Gasteiger partial charge is 0.339 e. The monoisotopic (exact) mass is 245 g/mol. The van der Waals surface area contributed by atoms with Gasteiger partial charge in [-0.1, -0.05) is 15.9 Å². The van der Waals surface area contributed by atoms with Crippen molar-refractivity contribution in [3.63, 3.8) is 0 Å². The Morgan fingerprint density at radius 3 is 2.54 bits per heavy atom. The normalized spacial score (nSPS) is 31.5. The number of hydrogen-bond acceptors (Lipinski definition) is 1. The number of rotatable bonds is 1. The van der Waals surface area contributed by atoms with Gasteiger partial charge in [-0.15, -0.1) is 0 Å². The molecule has 1 amide bonds. The molecule has 0 N–H and O–H groups in total. The lowest BCUT2D eigenvalue weighted by atomic mass is 9.84. The Labute approximate surface area is 87.8 Å². The SMILES string of the molecule is CC1CCCN1C(=O)C1(Br)CCC1. The Balaban J connectivity index is 2.03. The maximum Gasteiger partial charge on any atom is 0.239 e. The van der Waals surface area contributed by atoms with E-state index in [9.17, 15) is 4.79 Å². The van der Waals surface area contributed by atoms with Gasteiger partial charge in [-0.05, 0) is 39.0 Å². The average molecular weight is 246 g/mol. The molecule has 1 saturated carbocycles. The van der Waals surface area contributed by atoms with Crippen molar-refractivity contribution in [2.24, 2.45) is 0 Å². The van der Waals surface area contributed by atoms with E-state index in [1.807, 2.05) is 4.90 Å². The first-order valence-electron chi connectivity index (χ1n) is 5.13. The van der Waals surface area contributed by atoms with Gasteiger partial charge in [-0.3, -0.25) is 4.79 Å². The van der Waals surface area contributed by atoms with Crippen molar-refractivity contribution in [2.75, 3.05) is 6.54 Å². The maximum atomic E-state index is 12.0. The Morgan fingerprint density at radius 1 is 1.46 bits per heavy atom. The topological polar surface area (TPSA) is 20.3 Å². The molecule has 1 atom stereocenters. The maximum absolute atomic E-state index is 12.0. The van der Waals surface area contributed by atoms with Gasteiger partial charge in [0.2, 0.25) is 5.91 Å². The predicted molar refractivity (Wildman–Crippen MR) is 55.9 cm³/mol. The molecular weight excluding hydrogens is 230 g/mol. The summed E-state index contributed by atoms with van der Waals surface area (Å²) in [4.78, 5) is 14.1. The minimum atomic E-state index is -0.175. The van der Waals surface area contributed by atoms with Crippen molar-refractivity contribution in [1.29, 1.82) is 0 Å². The van der Waals surface area contributed by atoms with Gasteiger partial charge >= 0.3 is 0 Å². The van der Waals surface area contributed by atoms with Gasteiger partial charge in [0, 0.05) is 12.6 Å². The van der Waals surface area contributed by atoms with Gasteiger partial charge in [0.1, 0.15) is 4.32 Å². The van der Waals surface area contributed by atoms with Gasteiger partial charge in [-0.2, -0.15) is 0 Å². The van der Waals surface area contributed by atoms with E-state index in [4.69, 9.17) is 0 Å². The standard InChI is InChI=1S/C10H16BrNO/c1-8-4-2-7-12(8)9(13)10(11)5-3-6-10/h8H,2-7H2,1H3. The first kappa shape index (κ1) is 9.50. The van der Waals surface area contributed by atoms with Crippen molar-refractivity contribution in [3.05, 3.63) is 0 Å². The molecule has 1 aliphatic heterocycles. The summed E-state index contributed by atoms with van der Waals surface area (Å²) in [5.41, 5.74) is 0. The molecule has 1 aliphatic carbocycles. The average Bonchev–Trinajstić information content (AvgIpc) is 2.46. The van der Waals surface area contributed by atoms with Crippen LogP contribution in [0.5, 0.6) is 0 Å². The van der Waals surface area contributed by atoms with Crippen LogP contribution in [0.2, 0.25) is 0 Å². The van der Waals surface area contributed by atoms with Crippen LogP contribution >= 0.6 is 15.9 Å². The summed E-state index contributed by atoms with van der Waals surface area (Å²) >= 11 is 3.58. The molecule has 2 aliphatic rings. The minimum absolute atomic E-state index is 0.175. The van der Waals surface area contributed by atoms with Crippen LogP contribution in [0, 0.1) is 0 Å². The first-order chi connectivity index (χ1) is 6.13. The Hall–Kier alpha value is -0.0500. The number of carbonyl (C=O) groups excluding carboxylic acids is 1. The number of amides is 1. The van der Waals surface area contributed by atoms with E-state index in [-0.39, 0.29) is 4.32 Å². The molecule has 0 spiro atoms. The fourth-order valence-electron chi connectivity index (χ4n) is 2.19. The van der Waals surface area contributed by atoms with Crippen LogP contribution in [0.4, 0.5) is 0 Å². The zero-order valence-electron chi connectivity index (χ0n) is 8.05. The molecule has 0 aromatic carbocycles. The summed E-state index contributed by atoms with van der Waals surface area (Å²) in [5, 5.41) is 0. The van der Waals surface area contributed by atoms with Gasteiger partial charge in [0.25, 0.3) is 0 Å². The number of halogens is 1. The van der Waals surface area contributed by atoms with Gasteiger partial charge in [0.05, 0.1) is 0 Å². The lowest BCUT2D eigenvalue weighted by molar-refractivity contribution is -0.136. The van der Waals surface area contributed by atoms with Crippen LogP contribution in [0.15, 0.2) is 0 Å². The van der Waals surface area contributed by atoms with Crippen molar-refractivity contribution in [3.8, 4) is 0 Å². The molecule has 74 valence electrons. The third kappa shape index (κ3) is 1.51. The van der Waals surface area contributed by atoms with Crippen molar-refractivity contribution in [2.45, 2.75) is 49.4 Å². The smallest absolute Gasteiger partial charge is 0.239 e. The van der Waals surface area contributed by atoms with Crippen molar-refractivity contribution >= 4 is 21.8 Å². The number of nitrogens with zero attached hydrogens (tertiary/aromatic N) is 1. The number of likely N-dealkylation sites (tertiary alicyclic amines) is 1. The predicted octanol–water partition coefficient (Wildman–Crippen LogP) is 2.31. The summed E-state index contributed by atoms with van der Waals surface area (Å²) in [7, 11) is 0. The van der Waals surface area contributed by atoms with E-state index in [0.717, 1.165) is 19.4 Å². The van der Waals surface area contributed by atoms with Crippen molar-refractivity contribution in [1.82, 2.24) is 4.90 Å². The van der Waals surface area contributed by atoms with Gasteiger partial charge < -0.3 is 4.90 Å². The number of carbonyl (C=O) groups is 1. The lowest BCUT2D eigenvalue weighted by Gasteiger charge is -2.39. The molecule has 1 heterocycles. The summed E-state index contributed by atoms with van der Waals surface area (Å²) in [6, 6.07) is 0.461. The molecule has 3 heteroatoms. The van der Waals surface area contributed by atoms with E-state index in [1.54, 1.807) is 0 Å². The highest BCUT2D eigenvalue weighted by molar-refractivity contribution is 9.10. The van der Waals surface area contributed by atoms with Crippen molar-refractivity contribution < 1.29 is 4.79 Å². The molecule has 0 bridgehead atoms. The third-order valence-corrected chi connectivity index (χ3v) is 4.48. The Morgan fingerprint density at radius 2 is 2.15 bits per heavy atom. The van der Waals surface area contributed by atoms with Crippen LogP contribution in [0.25, 0.3) is 0 Å². The van der Waals surface area contributed by atoms with E-state index in [0.29, 0.717) is 11.9 Å². The molecule has 13 heavy (non-hydrogen) atoms. The molecule has 0 aromatic rings. The van der Waals surface area contributed by atoms with E-state index in [2.05, 4.69) is 22.9 Å². The van der Waals surface area contributed by atoms with Crippen LogP contribution in [-0.2, 0) is 4.79 Å². The number of alkyl halides is 1. The molecule has 1 saturated heterocycles. The number of hydrogen-bond donors (Lipinski definition) is 0. The highest BCUT2D eigenvalue weighted by Gasteiger charge is 2.45. The molecule has 2 rings (SSSR count). The van der Waals surface area contributed by atoms with Crippen LogP contribution in [0.3, 0.4) is 0 Å². The van der Waals surface area contributed by atoms with Gasteiger partial charge in [-0.25, -0.2) is 0 Å². The highest BCUT2D eigenvalue weighted by atomic mass is 79.9. The molecule has 2 nitrogen and oxygen atoms in total. The minimum Gasteiger partial charge on any atom is -0.339 e. The summed E-state index contributed by atoms with van der Waals surface area (Å²) < 4.78 is -0.175. The van der Waals surface area contributed by atoms with E-state index >= 15 is 0 Å². The fourth-order valence-corrected chi connectivity index (χ4v) is 2.98. The highest BCUT2D eigenvalue weighted by Crippen LogP contribution is 2.42. The quantitative estimate of drug-likeness (QED) is 0.650. The zero-order valence-corrected chi connectivity index (χ0v) is 9.64. The van der Waals surface area contributed by atoms with E-state index in [1.165, 1.54) is 19.3 Å². The summed E-state index contributed by atoms with van der Waals surface area (Å²) in [5.74, 6) is 0.337. The van der Waals surface area contributed by atoms with Crippen LogP contribution < -0.4 is 0 Å². The summed E-state index contributed by atoms with van der Waals surface area (Å²) in [6.07, 6.45) is 5.59. The fraction of sp³-hybridized carbons (Fsp3) is 0.900. The molecule has 1 unspecified atom stereocenters. The van der Waals surface area contributed by atoms with Crippen LogP contribution in [0.1, 0.15) is 39.0 Å². The van der Waals surface area contributed by atoms with Gasteiger partial charge in [0.15, 0.2) is 0 Å². The lowest BCUT2D eigenvalue weighted by Crippen LogP contribution is -2.50. The summed E-state index contributed by atoms with van der Waals surface area (Å²) in [6.45, 7) is 3.12. The molecule has 2 fully saturated rings.